The zero-order valence-electron chi connectivity index (χ0n) is 19.1. The van der Waals surface area contributed by atoms with E-state index in [1.54, 1.807) is 12.5 Å². The number of benzene rings is 4. The van der Waals surface area contributed by atoms with Crippen LogP contribution >= 0.6 is 0 Å². The molecule has 0 aliphatic rings. The van der Waals surface area contributed by atoms with Crippen molar-refractivity contribution in [1.82, 2.24) is 15.0 Å². The Labute approximate surface area is 206 Å². The molecular formula is C31H19N3O2. The lowest BCUT2D eigenvalue weighted by atomic mass is 10.0. The van der Waals surface area contributed by atoms with Crippen LogP contribution in [0.15, 0.2) is 124 Å². The van der Waals surface area contributed by atoms with Crippen molar-refractivity contribution in [1.29, 1.82) is 0 Å². The van der Waals surface area contributed by atoms with Crippen LogP contribution in [0.5, 0.6) is 0 Å². The molecule has 0 bridgehead atoms. The number of hydrogen-bond acceptors (Lipinski definition) is 5. The van der Waals surface area contributed by atoms with Gasteiger partial charge in [0.1, 0.15) is 35.3 Å². The van der Waals surface area contributed by atoms with Crippen molar-refractivity contribution in [3.63, 3.8) is 0 Å². The maximum absolute atomic E-state index is 5.84. The first-order valence-electron chi connectivity index (χ1n) is 11.7. The zero-order valence-corrected chi connectivity index (χ0v) is 19.1. The summed E-state index contributed by atoms with van der Waals surface area (Å²) in [6.07, 6.45) is 3.35. The van der Waals surface area contributed by atoms with Crippen LogP contribution in [-0.2, 0) is 0 Å². The second kappa shape index (κ2) is 8.32. The summed E-state index contributed by atoms with van der Waals surface area (Å²) in [6, 6.07) is 34.5. The second-order valence-electron chi connectivity index (χ2n) is 8.54. The molecule has 0 atom stereocenters. The average molecular weight is 466 g/mol. The van der Waals surface area contributed by atoms with E-state index in [1.165, 1.54) is 0 Å². The first-order chi connectivity index (χ1) is 17.8. The largest absolute Gasteiger partial charge is 0.443 e. The summed E-state index contributed by atoms with van der Waals surface area (Å²) in [5.41, 5.74) is 4.80. The molecule has 4 aromatic carbocycles. The van der Waals surface area contributed by atoms with Gasteiger partial charge in [0, 0.05) is 11.1 Å². The molecule has 170 valence electrons. The Kier molecular flexibility index (Phi) is 4.71. The molecule has 7 aromatic rings. The molecule has 0 saturated carbocycles. The molecule has 3 heterocycles. The van der Waals surface area contributed by atoms with Gasteiger partial charge in [0.2, 0.25) is 11.8 Å². The van der Waals surface area contributed by atoms with Gasteiger partial charge in [-0.05, 0) is 33.7 Å². The Morgan fingerprint density at radius 2 is 0.833 bits per heavy atom. The number of hydrogen-bond donors (Lipinski definition) is 0. The molecule has 0 radical (unpaired) electrons. The number of oxazole rings is 2. The van der Waals surface area contributed by atoms with E-state index in [2.05, 4.69) is 48.5 Å². The van der Waals surface area contributed by atoms with E-state index in [0.29, 0.717) is 23.2 Å². The minimum atomic E-state index is 0.445. The van der Waals surface area contributed by atoms with Crippen molar-refractivity contribution in [2.24, 2.45) is 0 Å². The van der Waals surface area contributed by atoms with Gasteiger partial charge in [-0.2, -0.15) is 0 Å². The highest BCUT2D eigenvalue weighted by molar-refractivity contribution is 5.96. The summed E-state index contributed by atoms with van der Waals surface area (Å²) in [6.45, 7) is 0. The van der Waals surface area contributed by atoms with E-state index >= 15 is 0 Å². The van der Waals surface area contributed by atoms with Gasteiger partial charge >= 0.3 is 0 Å². The van der Waals surface area contributed by atoms with Crippen LogP contribution in [0.2, 0.25) is 0 Å². The first-order valence-corrected chi connectivity index (χ1v) is 11.7. The highest BCUT2D eigenvalue weighted by atomic mass is 16.3. The second-order valence-corrected chi connectivity index (χ2v) is 8.54. The average Bonchev–Trinajstić information content (AvgIpc) is 3.63. The third kappa shape index (κ3) is 3.46. The minimum Gasteiger partial charge on any atom is -0.443 e. The molecule has 5 heteroatoms. The summed E-state index contributed by atoms with van der Waals surface area (Å²) in [5, 5.41) is 4.57. The smallest absolute Gasteiger partial charge is 0.245 e. The van der Waals surface area contributed by atoms with Crippen LogP contribution in [0.3, 0.4) is 0 Å². The predicted molar refractivity (Wildman–Crippen MR) is 141 cm³/mol. The van der Waals surface area contributed by atoms with Crippen molar-refractivity contribution in [3.8, 4) is 45.7 Å². The van der Waals surface area contributed by atoms with Gasteiger partial charge in [-0.1, -0.05) is 91.0 Å². The van der Waals surface area contributed by atoms with Gasteiger partial charge in [-0.15, -0.1) is 0 Å². The fraction of sp³-hybridized carbons (Fsp3) is 0. The third-order valence-electron chi connectivity index (χ3n) is 6.33. The fourth-order valence-electron chi connectivity index (χ4n) is 4.60. The van der Waals surface area contributed by atoms with Crippen LogP contribution in [0.1, 0.15) is 0 Å². The van der Waals surface area contributed by atoms with Crippen LogP contribution < -0.4 is 0 Å². The van der Waals surface area contributed by atoms with Crippen LogP contribution in [0, 0.1) is 0 Å². The van der Waals surface area contributed by atoms with Gasteiger partial charge in [-0.25, -0.2) is 15.0 Å². The van der Waals surface area contributed by atoms with Crippen molar-refractivity contribution >= 4 is 21.5 Å². The molecule has 0 fully saturated rings. The lowest BCUT2D eigenvalue weighted by Crippen LogP contribution is -1.89. The molecule has 3 aromatic heterocycles. The SMILES string of the molecule is c1cc(-c2nc(-c3cccc4ccccc34)co2)nc(-c2nc(-c3cccc4ccccc34)co2)c1. The molecule has 0 aliphatic heterocycles. The van der Waals surface area contributed by atoms with E-state index in [4.69, 9.17) is 23.8 Å². The molecule has 5 nitrogen and oxygen atoms in total. The van der Waals surface area contributed by atoms with Gasteiger partial charge in [0.15, 0.2) is 0 Å². The fourth-order valence-corrected chi connectivity index (χ4v) is 4.60. The maximum atomic E-state index is 5.84. The van der Waals surface area contributed by atoms with Crippen LogP contribution in [0.25, 0.3) is 67.2 Å². The number of aromatic nitrogens is 3. The minimum absolute atomic E-state index is 0.445. The van der Waals surface area contributed by atoms with Gasteiger partial charge in [0.05, 0.1) is 0 Å². The Bertz CT molecular complexity index is 1720. The van der Waals surface area contributed by atoms with E-state index in [1.807, 2.05) is 54.6 Å². The molecule has 0 amide bonds. The molecule has 0 N–H and O–H groups in total. The van der Waals surface area contributed by atoms with Gasteiger partial charge in [-0.3, -0.25) is 0 Å². The Hall–Kier alpha value is -5.03. The summed E-state index contributed by atoms with van der Waals surface area (Å²) >= 11 is 0. The topological polar surface area (TPSA) is 65.0 Å². The van der Waals surface area contributed by atoms with E-state index in [-0.39, 0.29) is 0 Å². The molecular weight excluding hydrogens is 446 g/mol. The Morgan fingerprint density at radius 3 is 1.36 bits per heavy atom. The van der Waals surface area contributed by atoms with Gasteiger partial charge in [0.25, 0.3) is 0 Å². The van der Waals surface area contributed by atoms with Gasteiger partial charge < -0.3 is 8.83 Å². The number of fused-ring (bicyclic) bond motifs is 2. The van der Waals surface area contributed by atoms with E-state index in [0.717, 1.165) is 44.1 Å². The van der Waals surface area contributed by atoms with Crippen molar-refractivity contribution in [2.75, 3.05) is 0 Å². The molecule has 0 aliphatic carbocycles. The molecule has 7 rings (SSSR count). The standard InChI is InChI=1S/C31H19N3O2/c1-3-12-22-20(8-1)10-5-14-24(22)28-18-35-30(33-28)26-16-7-17-27(32-26)31-34-29(19-36-31)25-15-6-11-21-9-2-4-13-23(21)25/h1-19H. The quantitative estimate of drug-likeness (QED) is 0.263. The Morgan fingerprint density at radius 1 is 0.389 bits per heavy atom. The Balaban J connectivity index is 1.24. The van der Waals surface area contributed by atoms with Crippen LogP contribution in [0.4, 0.5) is 0 Å². The summed E-state index contributed by atoms with van der Waals surface area (Å²) in [5.74, 6) is 0.890. The number of rotatable bonds is 4. The molecule has 0 spiro atoms. The van der Waals surface area contributed by atoms with Crippen molar-refractivity contribution in [3.05, 3.63) is 116 Å². The third-order valence-corrected chi connectivity index (χ3v) is 6.33. The highest BCUT2D eigenvalue weighted by Gasteiger charge is 2.16. The summed E-state index contributed by atoms with van der Waals surface area (Å²) < 4.78 is 11.7. The lowest BCUT2D eigenvalue weighted by molar-refractivity contribution is 0.568. The van der Waals surface area contributed by atoms with Crippen molar-refractivity contribution in [2.45, 2.75) is 0 Å². The normalized spacial score (nSPS) is 11.3. The first kappa shape index (κ1) is 20.4. The number of pyridine rings is 1. The van der Waals surface area contributed by atoms with Crippen molar-refractivity contribution < 1.29 is 8.83 Å². The highest BCUT2D eigenvalue weighted by Crippen LogP contribution is 2.32. The lowest BCUT2D eigenvalue weighted by Gasteiger charge is -2.03. The number of nitrogens with zero attached hydrogens (tertiary/aromatic N) is 3. The van der Waals surface area contributed by atoms with Crippen LogP contribution in [-0.4, -0.2) is 15.0 Å². The van der Waals surface area contributed by atoms with E-state index < -0.39 is 0 Å². The molecule has 36 heavy (non-hydrogen) atoms. The predicted octanol–water partition coefficient (Wildman–Crippen LogP) is 8.03. The summed E-state index contributed by atoms with van der Waals surface area (Å²) in [7, 11) is 0. The monoisotopic (exact) mass is 465 g/mol. The maximum Gasteiger partial charge on any atom is 0.245 e. The molecule has 0 unspecified atom stereocenters. The van der Waals surface area contributed by atoms with E-state index in [9.17, 15) is 0 Å². The zero-order chi connectivity index (χ0) is 23.9. The summed E-state index contributed by atoms with van der Waals surface area (Å²) in [4.78, 5) is 14.2. The molecule has 0 saturated heterocycles.